The first-order chi connectivity index (χ1) is 22.8. The topological polar surface area (TPSA) is 86.3 Å². The van der Waals surface area contributed by atoms with Gasteiger partial charge in [-0.3, -0.25) is 14.1 Å². The monoisotopic (exact) mass is 699 g/mol. The van der Waals surface area contributed by atoms with E-state index in [0.29, 0.717) is 46.7 Å². The summed E-state index contributed by atoms with van der Waals surface area (Å²) in [4.78, 5) is 14.6. The summed E-state index contributed by atoms with van der Waals surface area (Å²) in [6.07, 6.45) is 7.13. The second-order valence-electron chi connectivity index (χ2n) is 14.4. The number of aromatic nitrogens is 1. The highest BCUT2D eigenvalue weighted by Gasteiger charge is 2.35. The van der Waals surface area contributed by atoms with Crippen LogP contribution in [0, 0.1) is 5.82 Å². The number of nitrogens with zero attached hydrogens (tertiary/aromatic N) is 5. The molecule has 3 saturated heterocycles. The van der Waals surface area contributed by atoms with Crippen molar-refractivity contribution in [1.29, 1.82) is 0 Å². The number of sulfone groups is 1. The zero-order valence-electron chi connectivity index (χ0n) is 29.0. The number of halogens is 1. The molecule has 1 atom stereocenters. The Hall–Kier alpha value is -2.64. The average molecular weight is 700 g/mol. The molecule has 0 spiro atoms. The summed E-state index contributed by atoms with van der Waals surface area (Å²) in [5, 5.41) is 0.610. The Labute approximate surface area is 287 Å². The van der Waals surface area contributed by atoms with Crippen LogP contribution in [0.5, 0.6) is 5.75 Å². The molecule has 3 aliphatic heterocycles. The number of piperidine rings is 2. The van der Waals surface area contributed by atoms with Gasteiger partial charge in [0.2, 0.25) is 9.84 Å². The molecule has 0 aliphatic carbocycles. The van der Waals surface area contributed by atoms with E-state index in [-0.39, 0.29) is 10.6 Å². The zero-order valence-corrected chi connectivity index (χ0v) is 30.6. The molecule has 2 aromatic carbocycles. The molecular weight excluding hydrogens is 650 g/mol. The summed E-state index contributed by atoms with van der Waals surface area (Å²) >= 11 is 0. The van der Waals surface area contributed by atoms with Crippen LogP contribution in [0.3, 0.4) is 0 Å². The molecule has 0 saturated carbocycles. The van der Waals surface area contributed by atoms with Gasteiger partial charge in [0.25, 0.3) is 0 Å². The van der Waals surface area contributed by atoms with Gasteiger partial charge in [-0.25, -0.2) is 12.8 Å². The minimum absolute atomic E-state index is 0.0418. The Morgan fingerprint density at radius 3 is 2.08 bits per heavy atom. The summed E-state index contributed by atoms with van der Waals surface area (Å²) in [5.74, 6) is -0.614. The fraction of sp³-hybridized carbons (Fsp3) is 0.583. The third-order valence-corrected chi connectivity index (χ3v) is 12.9. The number of likely N-dealkylation sites (tertiary alicyclic amines) is 1. The van der Waals surface area contributed by atoms with Crippen LogP contribution in [0.15, 0.2) is 57.3 Å². The minimum atomic E-state index is -4.32. The second-order valence-corrected chi connectivity index (χ2v) is 17.6. The van der Waals surface area contributed by atoms with Gasteiger partial charge in [0, 0.05) is 91.0 Å². The van der Waals surface area contributed by atoms with Gasteiger partial charge in [-0.05, 0) is 96.4 Å². The van der Waals surface area contributed by atoms with Crippen molar-refractivity contribution in [3.8, 4) is 5.75 Å². The van der Waals surface area contributed by atoms with Crippen LogP contribution in [0.1, 0.15) is 53.4 Å². The average Bonchev–Trinajstić information content (AvgIpc) is 3.07. The highest BCUT2D eigenvalue weighted by Crippen LogP contribution is 2.39. The number of fused-ring (bicyclic) bond motifs is 1. The van der Waals surface area contributed by atoms with Crippen LogP contribution in [0.2, 0.25) is 0 Å². The standard InChI is InChI=1S/C36H50FN5O4S2/c1-6-39-19-21-41(22-20-39)27-11-15-40(16-12-27)26-13-17-42(18-14-26)35-30-24-29(47(5)43)8-9-32(30)38-25-34(35)48(44,45)33-10-7-28(23-31(33)37)46-36(2,3)4/h7-10,23-27H,6,11-22H2,1-5H3. The van der Waals surface area contributed by atoms with Crippen LogP contribution in [0.4, 0.5) is 10.1 Å². The van der Waals surface area contributed by atoms with Crippen LogP contribution < -0.4 is 9.64 Å². The lowest BCUT2D eigenvalue weighted by Gasteiger charge is -2.46. The van der Waals surface area contributed by atoms with Crippen LogP contribution >= 0.6 is 0 Å². The van der Waals surface area contributed by atoms with Gasteiger partial charge in [0.15, 0.2) is 0 Å². The van der Waals surface area contributed by atoms with Crippen molar-refractivity contribution in [2.24, 2.45) is 0 Å². The first kappa shape index (κ1) is 35.2. The molecule has 12 heteroatoms. The molecule has 262 valence electrons. The Bertz CT molecular complexity index is 1740. The van der Waals surface area contributed by atoms with Gasteiger partial charge < -0.3 is 19.4 Å². The molecule has 6 rings (SSSR count). The van der Waals surface area contributed by atoms with Crippen molar-refractivity contribution in [3.05, 3.63) is 48.4 Å². The van der Waals surface area contributed by atoms with Gasteiger partial charge in [-0.2, -0.15) is 0 Å². The Morgan fingerprint density at radius 2 is 1.50 bits per heavy atom. The molecule has 0 radical (unpaired) electrons. The first-order valence-corrected chi connectivity index (χ1v) is 20.3. The maximum absolute atomic E-state index is 15.6. The largest absolute Gasteiger partial charge is 0.488 e. The molecule has 3 aliphatic rings. The summed E-state index contributed by atoms with van der Waals surface area (Å²) in [6, 6.07) is 10.3. The van der Waals surface area contributed by atoms with E-state index in [4.69, 9.17) is 4.74 Å². The van der Waals surface area contributed by atoms with Crippen LogP contribution in [0.25, 0.3) is 10.9 Å². The number of pyridine rings is 1. The zero-order chi connectivity index (χ0) is 34.2. The van der Waals surface area contributed by atoms with Gasteiger partial charge in [-0.15, -0.1) is 0 Å². The number of rotatable bonds is 8. The number of piperazine rings is 1. The molecule has 0 bridgehead atoms. The number of likely N-dealkylation sites (N-methyl/N-ethyl adjacent to an activating group) is 1. The lowest BCUT2D eigenvalue weighted by Crippen LogP contribution is -2.55. The van der Waals surface area contributed by atoms with E-state index in [1.54, 1.807) is 24.5 Å². The number of anilines is 1. The molecule has 9 nitrogen and oxygen atoms in total. The highest BCUT2D eigenvalue weighted by molar-refractivity contribution is 7.91. The predicted molar refractivity (Wildman–Crippen MR) is 190 cm³/mol. The fourth-order valence-corrected chi connectivity index (χ4v) is 9.62. The Morgan fingerprint density at radius 1 is 0.875 bits per heavy atom. The maximum atomic E-state index is 15.6. The van der Waals surface area contributed by atoms with E-state index in [0.717, 1.165) is 64.7 Å². The molecular formula is C36H50FN5O4S2. The van der Waals surface area contributed by atoms with E-state index >= 15 is 4.39 Å². The van der Waals surface area contributed by atoms with E-state index < -0.39 is 37.0 Å². The third kappa shape index (κ3) is 7.57. The Balaban J connectivity index is 1.24. The predicted octanol–water partition coefficient (Wildman–Crippen LogP) is 5.19. The summed E-state index contributed by atoms with van der Waals surface area (Å²) < 4.78 is 62.4. The third-order valence-electron chi connectivity index (χ3n) is 10.2. The first-order valence-electron chi connectivity index (χ1n) is 17.3. The van der Waals surface area contributed by atoms with Crippen molar-refractivity contribution in [3.63, 3.8) is 0 Å². The Kier molecular flexibility index (Phi) is 10.5. The van der Waals surface area contributed by atoms with Crippen LogP contribution in [-0.4, -0.2) is 115 Å². The summed E-state index contributed by atoms with van der Waals surface area (Å²) in [7, 11) is -5.60. The van der Waals surface area contributed by atoms with E-state index in [1.807, 2.05) is 20.8 Å². The smallest absolute Gasteiger partial charge is 0.213 e. The molecule has 3 fully saturated rings. The quantitative estimate of drug-likeness (QED) is 0.316. The molecule has 1 aromatic heterocycles. The maximum Gasteiger partial charge on any atom is 0.213 e. The highest BCUT2D eigenvalue weighted by atomic mass is 32.2. The molecule has 3 aromatic rings. The molecule has 0 N–H and O–H groups in total. The number of ether oxygens (including phenoxy) is 1. The van der Waals surface area contributed by atoms with Gasteiger partial charge in [0.1, 0.15) is 27.0 Å². The van der Waals surface area contributed by atoms with Crippen molar-refractivity contribution in [2.45, 2.75) is 85.7 Å². The fourth-order valence-electron chi connectivity index (χ4n) is 7.59. The van der Waals surface area contributed by atoms with Crippen molar-refractivity contribution in [2.75, 3.05) is 70.1 Å². The lowest BCUT2D eigenvalue weighted by atomic mass is 9.96. The second kappa shape index (κ2) is 14.3. The number of hydrogen-bond acceptors (Lipinski definition) is 9. The number of hydrogen-bond donors (Lipinski definition) is 0. The van der Waals surface area contributed by atoms with Crippen molar-refractivity contribution < 1.29 is 21.8 Å². The van der Waals surface area contributed by atoms with E-state index in [2.05, 4.69) is 31.5 Å². The summed E-state index contributed by atoms with van der Waals surface area (Å²) in [5.41, 5.74) is 0.549. The van der Waals surface area contributed by atoms with Gasteiger partial charge in [0.05, 0.1) is 11.2 Å². The SMILES string of the molecule is CCN1CCN(C2CCN(C3CCN(c4c(S(=O)(=O)c5ccc(OC(C)(C)C)cc5F)cnc5ccc(S(C)=O)cc45)CC3)CC2)CC1. The van der Waals surface area contributed by atoms with E-state index in [9.17, 15) is 12.6 Å². The lowest BCUT2D eigenvalue weighted by molar-refractivity contribution is 0.0449. The van der Waals surface area contributed by atoms with Gasteiger partial charge in [-0.1, -0.05) is 6.92 Å². The molecule has 48 heavy (non-hydrogen) atoms. The van der Waals surface area contributed by atoms with Crippen molar-refractivity contribution >= 4 is 37.2 Å². The van der Waals surface area contributed by atoms with Crippen LogP contribution in [-0.2, 0) is 20.6 Å². The molecule has 4 heterocycles. The minimum Gasteiger partial charge on any atom is -0.488 e. The normalized spacial score (nSPS) is 20.8. The molecule has 1 unspecified atom stereocenters. The molecule has 0 amide bonds. The van der Waals surface area contributed by atoms with E-state index in [1.165, 1.54) is 31.2 Å². The summed E-state index contributed by atoms with van der Waals surface area (Å²) in [6.45, 7) is 17.0. The van der Waals surface area contributed by atoms with Crippen molar-refractivity contribution in [1.82, 2.24) is 19.7 Å². The van der Waals surface area contributed by atoms with Gasteiger partial charge >= 0.3 is 0 Å². The number of benzene rings is 2.